The van der Waals surface area contributed by atoms with Crippen molar-refractivity contribution in [3.63, 3.8) is 0 Å². The molecule has 0 bridgehead atoms. The molecular formula is C18H24N4O2. The number of nitrogens with zero attached hydrogens (tertiary/aromatic N) is 4. The predicted molar refractivity (Wildman–Crippen MR) is 89.4 cm³/mol. The van der Waals surface area contributed by atoms with Gasteiger partial charge in [-0.1, -0.05) is 30.3 Å². The van der Waals surface area contributed by atoms with Gasteiger partial charge in [0, 0.05) is 25.6 Å². The van der Waals surface area contributed by atoms with Crippen LogP contribution in [0.1, 0.15) is 36.0 Å². The molecule has 24 heavy (non-hydrogen) atoms. The number of aliphatic hydroxyl groups excluding tert-OH is 1. The van der Waals surface area contributed by atoms with E-state index in [-0.39, 0.29) is 0 Å². The minimum Gasteiger partial charge on any atom is -0.389 e. The SMILES string of the molecule is OC(COCc1ccccc1)CN1CCn2c(nnc2C2CC2)C1. The molecule has 6 nitrogen and oxygen atoms in total. The van der Waals surface area contributed by atoms with Crippen LogP contribution in [0.2, 0.25) is 0 Å². The number of aromatic nitrogens is 3. The molecule has 1 saturated carbocycles. The monoisotopic (exact) mass is 328 g/mol. The van der Waals surface area contributed by atoms with E-state index in [2.05, 4.69) is 19.7 Å². The Morgan fingerprint density at radius 2 is 2.00 bits per heavy atom. The number of rotatable bonds is 7. The van der Waals surface area contributed by atoms with Crippen LogP contribution in [0.5, 0.6) is 0 Å². The standard InChI is InChI=1S/C18H24N4O2/c23-16(13-24-12-14-4-2-1-3-5-14)10-21-8-9-22-17(11-21)19-20-18(22)15-6-7-15/h1-5,15-16,23H,6-13H2. The van der Waals surface area contributed by atoms with Crippen LogP contribution in [0.25, 0.3) is 0 Å². The summed E-state index contributed by atoms with van der Waals surface area (Å²) in [6, 6.07) is 10.0. The van der Waals surface area contributed by atoms with E-state index in [0.29, 0.717) is 25.7 Å². The fraction of sp³-hybridized carbons (Fsp3) is 0.556. The first kappa shape index (κ1) is 15.7. The molecule has 0 amide bonds. The van der Waals surface area contributed by atoms with Gasteiger partial charge in [-0.2, -0.15) is 0 Å². The highest BCUT2D eigenvalue weighted by atomic mass is 16.5. The summed E-state index contributed by atoms with van der Waals surface area (Å²) in [7, 11) is 0. The molecule has 1 aromatic heterocycles. The molecule has 1 N–H and O–H groups in total. The molecule has 1 unspecified atom stereocenters. The lowest BCUT2D eigenvalue weighted by Gasteiger charge is -2.29. The maximum atomic E-state index is 10.2. The van der Waals surface area contributed by atoms with Crippen LogP contribution in [0, 0.1) is 0 Å². The summed E-state index contributed by atoms with van der Waals surface area (Å²) in [5.41, 5.74) is 1.13. The normalized spacial score (nSPS) is 19.2. The smallest absolute Gasteiger partial charge is 0.147 e. The van der Waals surface area contributed by atoms with E-state index in [1.165, 1.54) is 12.8 Å². The van der Waals surface area contributed by atoms with Crippen molar-refractivity contribution in [1.29, 1.82) is 0 Å². The fourth-order valence-electron chi connectivity index (χ4n) is 3.27. The van der Waals surface area contributed by atoms with Crippen LogP contribution in [0.3, 0.4) is 0 Å². The van der Waals surface area contributed by atoms with E-state index < -0.39 is 6.10 Å². The van der Waals surface area contributed by atoms with Crippen LogP contribution >= 0.6 is 0 Å². The Labute approximate surface area is 142 Å². The average molecular weight is 328 g/mol. The number of aliphatic hydroxyl groups is 1. The van der Waals surface area contributed by atoms with Crippen molar-refractivity contribution in [1.82, 2.24) is 19.7 Å². The van der Waals surface area contributed by atoms with Gasteiger partial charge in [-0.15, -0.1) is 10.2 Å². The molecule has 1 aliphatic heterocycles. The van der Waals surface area contributed by atoms with Gasteiger partial charge in [-0.05, 0) is 18.4 Å². The first-order chi connectivity index (χ1) is 11.8. The molecule has 1 aliphatic carbocycles. The zero-order valence-corrected chi connectivity index (χ0v) is 13.8. The van der Waals surface area contributed by atoms with Crippen LogP contribution in [0.15, 0.2) is 30.3 Å². The van der Waals surface area contributed by atoms with Crippen molar-refractivity contribution < 1.29 is 9.84 Å². The summed E-state index contributed by atoms with van der Waals surface area (Å²) in [4.78, 5) is 2.23. The van der Waals surface area contributed by atoms with Crippen molar-refractivity contribution in [3.8, 4) is 0 Å². The molecule has 1 fully saturated rings. The number of fused-ring (bicyclic) bond motifs is 1. The summed E-state index contributed by atoms with van der Waals surface area (Å²) in [6.07, 6.45) is 2.02. The molecule has 0 saturated heterocycles. The predicted octanol–water partition coefficient (Wildman–Crippen LogP) is 1.55. The maximum absolute atomic E-state index is 10.2. The van der Waals surface area contributed by atoms with Crippen LogP contribution in [0.4, 0.5) is 0 Å². The number of ether oxygens (including phenoxy) is 1. The Bertz CT molecular complexity index is 669. The van der Waals surface area contributed by atoms with Crippen LogP contribution < -0.4 is 0 Å². The van der Waals surface area contributed by atoms with E-state index in [1.807, 2.05) is 30.3 Å². The Balaban J connectivity index is 1.23. The Hall–Kier alpha value is -1.76. The molecule has 0 spiro atoms. The highest BCUT2D eigenvalue weighted by Crippen LogP contribution is 2.39. The summed E-state index contributed by atoms with van der Waals surface area (Å²) in [6.45, 7) is 4.12. The van der Waals surface area contributed by atoms with Gasteiger partial charge < -0.3 is 14.4 Å². The summed E-state index contributed by atoms with van der Waals surface area (Å²) >= 11 is 0. The van der Waals surface area contributed by atoms with Crippen LogP contribution in [-0.4, -0.2) is 50.6 Å². The molecule has 0 radical (unpaired) electrons. The van der Waals surface area contributed by atoms with Gasteiger partial charge in [0.05, 0.1) is 25.9 Å². The van der Waals surface area contributed by atoms with E-state index in [9.17, 15) is 5.11 Å². The van der Waals surface area contributed by atoms with Crippen molar-refractivity contribution in [2.75, 3.05) is 19.7 Å². The van der Waals surface area contributed by atoms with Gasteiger partial charge in [-0.3, -0.25) is 4.90 Å². The Morgan fingerprint density at radius 3 is 2.79 bits per heavy atom. The molecule has 2 aliphatic rings. The Kier molecular flexibility index (Phi) is 4.60. The lowest BCUT2D eigenvalue weighted by molar-refractivity contribution is 0.00534. The van der Waals surface area contributed by atoms with Gasteiger partial charge in [0.15, 0.2) is 0 Å². The zero-order valence-electron chi connectivity index (χ0n) is 13.8. The highest BCUT2D eigenvalue weighted by Gasteiger charge is 2.32. The lowest BCUT2D eigenvalue weighted by Crippen LogP contribution is -2.40. The van der Waals surface area contributed by atoms with Crippen molar-refractivity contribution in [2.45, 2.75) is 44.6 Å². The van der Waals surface area contributed by atoms with Gasteiger partial charge in [0.2, 0.25) is 0 Å². The van der Waals surface area contributed by atoms with Gasteiger partial charge >= 0.3 is 0 Å². The van der Waals surface area contributed by atoms with E-state index in [0.717, 1.165) is 36.8 Å². The molecule has 4 rings (SSSR count). The van der Waals surface area contributed by atoms with E-state index >= 15 is 0 Å². The molecule has 6 heteroatoms. The fourth-order valence-corrected chi connectivity index (χ4v) is 3.27. The number of benzene rings is 1. The second-order valence-electron chi connectivity index (χ2n) is 6.79. The molecule has 1 aromatic carbocycles. The van der Waals surface area contributed by atoms with E-state index in [1.54, 1.807) is 0 Å². The molecule has 128 valence electrons. The number of hydrogen-bond acceptors (Lipinski definition) is 5. The third-order valence-electron chi connectivity index (χ3n) is 4.69. The minimum atomic E-state index is -0.480. The highest BCUT2D eigenvalue weighted by molar-refractivity contribution is 5.13. The van der Waals surface area contributed by atoms with Gasteiger partial charge in [0.25, 0.3) is 0 Å². The largest absolute Gasteiger partial charge is 0.389 e. The van der Waals surface area contributed by atoms with Crippen molar-refractivity contribution in [2.24, 2.45) is 0 Å². The number of β-amino-alcohol motifs (C(OH)–C–C–N with tert-alkyl or cyclic N) is 1. The summed E-state index contributed by atoms with van der Waals surface area (Å²) < 4.78 is 7.90. The van der Waals surface area contributed by atoms with Gasteiger partial charge in [0.1, 0.15) is 11.6 Å². The van der Waals surface area contributed by atoms with Gasteiger partial charge in [-0.25, -0.2) is 0 Å². The zero-order chi connectivity index (χ0) is 16.4. The topological polar surface area (TPSA) is 63.4 Å². The number of hydrogen-bond donors (Lipinski definition) is 1. The summed E-state index contributed by atoms with van der Waals surface area (Å²) in [5, 5.41) is 18.9. The molecule has 2 heterocycles. The third kappa shape index (κ3) is 3.66. The first-order valence-corrected chi connectivity index (χ1v) is 8.73. The quantitative estimate of drug-likeness (QED) is 0.835. The lowest BCUT2D eigenvalue weighted by atomic mass is 10.2. The summed E-state index contributed by atoms with van der Waals surface area (Å²) in [5.74, 6) is 2.83. The molecule has 1 atom stereocenters. The molecular weight excluding hydrogens is 304 g/mol. The molecule has 2 aromatic rings. The second-order valence-corrected chi connectivity index (χ2v) is 6.79. The third-order valence-corrected chi connectivity index (χ3v) is 4.69. The average Bonchev–Trinajstić information content (AvgIpc) is 3.35. The minimum absolute atomic E-state index is 0.353. The maximum Gasteiger partial charge on any atom is 0.147 e. The van der Waals surface area contributed by atoms with Crippen molar-refractivity contribution >= 4 is 0 Å². The van der Waals surface area contributed by atoms with E-state index in [4.69, 9.17) is 4.74 Å². The van der Waals surface area contributed by atoms with Crippen LogP contribution in [-0.2, 0) is 24.4 Å². The second kappa shape index (κ2) is 7.01. The van der Waals surface area contributed by atoms with Crippen molar-refractivity contribution in [3.05, 3.63) is 47.5 Å². The first-order valence-electron chi connectivity index (χ1n) is 8.73. The Morgan fingerprint density at radius 1 is 1.17 bits per heavy atom.